The summed E-state index contributed by atoms with van der Waals surface area (Å²) in [6.45, 7) is 4.98. The molecule has 0 aliphatic carbocycles. The van der Waals surface area contributed by atoms with Gasteiger partial charge in [-0.1, -0.05) is 6.07 Å². The molecule has 0 amide bonds. The number of H-pyrrole nitrogens is 1. The molecule has 2 aromatic heterocycles. The minimum atomic E-state index is -4.32. The lowest BCUT2D eigenvalue weighted by atomic mass is 9.85. The maximum Gasteiger partial charge on any atom is 0.401 e. The summed E-state index contributed by atoms with van der Waals surface area (Å²) in [4.78, 5) is 8.33. The van der Waals surface area contributed by atoms with Crippen LogP contribution in [0.15, 0.2) is 36.7 Å². The molecule has 0 bridgehead atoms. The van der Waals surface area contributed by atoms with Crippen molar-refractivity contribution >= 4 is 16.6 Å². The van der Waals surface area contributed by atoms with Crippen LogP contribution in [0.2, 0.25) is 0 Å². The van der Waals surface area contributed by atoms with Gasteiger partial charge in [-0.2, -0.15) is 18.3 Å². The lowest BCUT2D eigenvalue weighted by molar-refractivity contribution is -0.155. The van der Waals surface area contributed by atoms with Crippen LogP contribution < -0.4 is 5.32 Å². The summed E-state index contributed by atoms with van der Waals surface area (Å²) in [5.74, 6) is 0. The third kappa shape index (κ3) is 4.86. The van der Waals surface area contributed by atoms with Gasteiger partial charge in [0.1, 0.15) is 0 Å². The second kappa shape index (κ2) is 9.05. The van der Waals surface area contributed by atoms with Gasteiger partial charge >= 0.3 is 6.18 Å². The number of rotatable bonds is 7. The first-order valence-electron chi connectivity index (χ1n) is 12.0. The molecule has 4 heterocycles. The minimum Gasteiger partial charge on any atom is -0.376 e. The molecule has 6 nitrogen and oxygen atoms in total. The summed E-state index contributed by atoms with van der Waals surface area (Å²) in [6, 6.07) is 6.54. The summed E-state index contributed by atoms with van der Waals surface area (Å²) < 4.78 is 53.1. The van der Waals surface area contributed by atoms with Crippen LogP contribution in [0.3, 0.4) is 0 Å². The van der Waals surface area contributed by atoms with Gasteiger partial charge in [0.15, 0.2) is 0 Å². The van der Waals surface area contributed by atoms with Crippen LogP contribution in [-0.2, 0) is 6.42 Å². The molecule has 0 spiro atoms. The highest BCUT2D eigenvalue weighted by molar-refractivity contribution is 5.83. The van der Waals surface area contributed by atoms with Gasteiger partial charge in [-0.05, 0) is 56.0 Å². The van der Waals surface area contributed by atoms with Crippen LogP contribution in [0.4, 0.5) is 23.2 Å². The van der Waals surface area contributed by atoms with Crippen molar-refractivity contribution in [1.29, 1.82) is 0 Å². The molecule has 2 aliphatic heterocycles. The SMILES string of the molecule is C[C@@H]1Cc2c(ccc3[nH]ncc23)[C@@H](c2ccc(NC3(C)CN(CCCF)C3)cn2)N1CC(F)(F)F. The first-order valence-corrected chi connectivity index (χ1v) is 12.0. The van der Waals surface area contributed by atoms with E-state index in [1.807, 2.05) is 31.2 Å². The molecule has 1 aromatic carbocycles. The van der Waals surface area contributed by atoms with E-state index in [0.717, 1.165) is 47.4 Å². The number of benzene rings is 1. The smallest absolute Gasteiger partial charge is 0.376 e. The normalized spacial score (nSPS) is 22.7. The van der Waals surface area contributed by atoms with Crippen LogP contribution >= 0.6 is 0 Å². The van der Waals surface area contributed by atoms with Crippen LogP contribution in [0.5, 0.6) is 0 Å². The zero-order valence-electron chi connectivity index (χ0n) is 19.9. The van der Waals surface area contributed by atoms with Crippen molar-refractivity contribution in [1.82, 2.24) is 25.0 Å². The maximum atomic E-state index is 13.6. The van der Waals surface area contributed by atoms with Crippen molar-refractivity contribution in [3.63, 3.8) is 0 Å². The Morgan fingerprint density at radius 1 is 1.17 bits per heavy atom. The molecule has 1 fully saturated rings. The summed E-state index contributed by atoms with van der Waals surface area (Å²) in [5, 5.41) is 11.5. The van der Waals surface area contributed by atoms with Gasteiger partial charge in [0.25, 0.3) is 0 Å². The van der Waals surface area contributed by atoms with Gasteiger partial charge < -0.3 is 5.32 Å². The number of halogens is 4. The first kappa shape index (κ1) is 24.0. The summed E-state index contributed by atoms with van der Waals surface area (Å²) in [6.07, 6.45) is 0.168. The van der Waals surface area contributed by atoms with E-state index in [0.29, 0.717) is 18.5 Å². The van der Waals surface area contributed by atoms with E-state index in [9.17, 15) is 17.6 Å². The molecular weight excluding hydrogens is 460 g/mol. The second-order valence-electron chi connectivity index (χ2n) is 10.1. The predicted molar refractivity (Wildman–Crippen MR) is 127 cm³/mol. The monoisotopic (exact) mass is 490 g/mol. The third-order valence-electron chi connectivity index (χ3n) is 7.09. The quantitative estimate of drug-likeness (QED) is 0.470. The molecule has 3 aromatic rings. The largest absolute Gasteiger partial charge is 0.401 e. The number of hydrogen-bond acceptors (Lipinski definition) is 5. The van der Waals surface area contributed by atoms with E-state index < -0.39 is 18.8 Å². The molecule has 2 atom stereocenters. The number of likely N-dealkylation sites (tertiary alicyclic amines) is 1. The number of alkyl halides is 4. The van der Waals surface area contributed by atoms with Gasteiger partial charge in [0, 0.05) is 31.1 Å². The highest BCUT2D eigenvalue weighted by Crippen LogP contribution is 2.41. The zero-order chi connectivity index (χ0) is 24.8. The summed E-state index contributed by atoms with van der Waals surface area (Å²) >= 11 is 0. The number of fused-ring (bicyclic) bond motifs is 3. The van der Waals surface area contributed by atoms with Gasteiger partial charge in [-0.3, -0.25) is 24.3 Å². The lowest BCUT2D eigenvalue weighted by Gasteiger charge is -2.49. The minimum absolute atomic E-state index is 0.138. The van der Waals surface area contributed by atoms with Crippen molar-refractivity contribution in [2.75, 3.05) is 38.2 Å². The highest BCUT2D eigenvalue weighted by atomic mass is 19.4. The first-order chi connectivity index (χ1) is 16.7. The van der Waals surface area contributed by atoms with E-state index in [1.165, 1.54) is 4.90 Å². The Morgan fingerprint density at radius 2 is 1.97 bits per heavy atom. The topological polar surface area (TPSA) is 60.1 Å². The van der Waals surface area contributed by atoms with Crippen molar-refractivity contribution < 1.29 is 17.6 Å². The van der Waals surface area contributed by atoms with Crippen LogP contribution in [0.25, 0.3) is 10.9 Å². The lowest BCUT2D eigenvalue weighted by Crippen LogP contribution is -2.64. The average Bonchev–Trinajstić information content (AvgIpc) is 3.26. The molecule has 1 saturated heterocycles. The van der Waals surface area contributed by atoms with E-state index in [2.05, 4.69) is 32.3 Å². The van der Waals surface area contributed by atoms with Crippen molar-refractivity contribution in [2.24, 2.45) is 0 Å². The van der Waals surface area contributed by atoms with Crippen LogP contribution in [0, 0.1) is 0 Å². The fraction of sp³-hybridized carbons (Fsp3) is 0.520. The average molecular weight is 491 g/mol. The number of aromatic amines is 1. The molecule has 2 N–H and O–H groups in total. The standard InChI is InChI=1S/C25H30F4N6/c1-16-10-19-18(5-7-21-20(19)12-31-33-21)23(35(16)15-25(27,28)29)22-6-4-17(11-30-22)32-24(2)13-34(14-24)9-3-8-26/h4-7,11-12,16,23,32H,3,8-10,13-15H2,1-2H3,(H,31,33)/t16-,23+/m1/s1. The Labute approximate surface area is 201 Å². The van der Waals surface area contributed by atoms with Crippen molar-refractivity contribution in [3.8, 4) is 0 Å². The molecule has 0 radical (unpaired) electrons. The van der Waals surface area contributed by atoms with Gasteiger partial charge in [-0.25, -0.2) is 0 Å². The summed E-state index contributed by atoms with van der Waals surface area (Å²) in [5.41, 5.74) is 3.99. The number of nitrogens with one attached hydrogen (secondary N) is 2. The van der Waals surface area contributed by atoms with Crippen molar-refractivity contribution in [3.05, 3.63) is 53.5 Å². The molecule has 188 valence electrons. The fourth-order valence-corrected chi connectivity index (χ4v) is 5.66. The number of nitrogens with zero attached hydrogens (tertiary/aromatic N) is 4. The number of aromatic nitrogens is 3. The fourth-order valence-electron chi connectivity index (χ4n) is 5.66. The Hall–Kier alpha value is -2.72. The Kier molecular flexibility index (Phi) is 6.21. The Morgan fingerprint density at radius 3 is 2.66 bits per heavy atom. The third-order valence-corrected chi connectivity index (χ3v) is 7.09. The number of pyridine rings is 1. The Balaban J connectivity index is 1.42. The van der Waals surface area contributed by atoms with E-state index in [4.69, 9.17) is 0 Å². The molecule has 0 saturated carbocycles. The van der Waals surface area contributed by atoms with Crippen LogP contribution in [0.1, 0.15) is 43.1 Å². The van der Waals surface area contributed by atoms with Gasteiger partial charge in [-0.15, -0.1) is 0 Å². The molecular formula is C25H30F4N6. The number of anilines is 1. The van der Waals surface area contributed by atoms with E-state index in [-0.39, 0.29) is 18.3 Å². The molecule has 2 aliphatic rings. The maximum absolute atomic E-state index is 13.6. The van der Waals surface area contributed by atoms with Crippen LogP contribution in [-0.4, -0.2) is 75.6 Å². The van der Waals surface area contributed by atoms with Gasteiger partial charge in [0.05, 0.1) is 54.1 Å². The predicted octanol–water partition coefficient (Wildman–Crippen LogP) is 4.70. The Bertz CT molecular complexity index is 1170. The molecule has 10 heteroatoms. The van der Waals surface area contributed by atoms with Crippen molar-refractivity contribution in [2.45, 2.75) is 50.5 Å². The second-order valence-corrected chi connectivity index (χ2v) is 10.1. The summed E-state index contributed by atoms with van der Waals surface area (Å²) in [7, 11) is 0. The molecule has 35 heavy (non-hydrogen) atoms. The van der Waals surface area contributed by atoms with Gasteiger partial charge in [0.2, 0.25) is 0 Å². The molecule has 5 rings (SSSR count). The number of hydrogen-bond donors (Lipinski definition) is 2. The highest BCUT2D eigenvalue weighted by Gasteiger charge is 2.42. The van der Waals surface area contributed by atoms with E-state index in [1.54, 1.807) is 12.4 Å². The van der Waals surface area contributed by atoms with E-state index >= 15 is 0 Å². The zero-order valence-corrected chi connectivity index (χ0v) is 19.9. The molecule has 0 unspecified atom stereocenters.